The van der Waals surface area contributed by atoms with Gasteiger partial charge in [-0.3, -0.25) is 4.90 Å². The van der Waals surface area contributed by atoms with E-state index in [-0.39, 0.29) is 12.4 Å². The summed E-state index contributed by atoms with van der Waals surface area (Å²) in [6.45, 7) is 4.47. The summed E-state index contributed by atoms with van der Waals surface area (Å²) in [5, 5.41) is 10.4. The highest BCUT2D eigenvalue weighted by Crippen LogP contribution is 2.19. The molecule has 0 saturated carbocycles. The Labute approximate surface area is 162 Å². The average Bonchev–Trinajstić information content (AvgIpc) is 3.29. The first-order chi connectivity index (χ1) is 13.1. The van der Waals surface area contributed by atoms with Gasteiger partial charge in [-0.2, -0.15) is 0 Å². The van der Waals surface area contributed by atoms with Crippen LogP contribution in [-0.2, 0) is 24.4 Å². The van der Waals surface area contributed by atoms with Crippen LogP contribution in [-0.4, -0.2) is 29.3 Å². The third-order valence-corrected chi connectivity index (χ3v) is 5.08. The molecule has 0 saturated heterocycles. The number of benzene rings is 1. The second kappa shape index (κ2) is 9.80. The number of thiophene rings is 1. The highest BCUT2D eigenvalue weighted by Gasteiger charge is 2.15. The number of nitrogens with zero attached hydrogens (tertiary/aromatic N) is 1. The first-order valence-electron chi connectivity index (χ1n) is 8.89. The minimum Gasteiger partial charge on any atom is -0.467 e. The largest absolute Gasteiger partial charge is 0.467 e. The maximum absolute atomic E-state index is 13.2. The van der Waals surface area contributed by atoms with Crippen molar-refractivity contribution in [2.24, 2.45) is 0 Å². The van der Waals surface area contributed by atoms with Crippen molar-refractivity contribution >= 4 is 11.3 Å². The number of hydrogen-bond donors (Lipinski definition) is 1. The monoisotopic (exact) mass is 389 g/mol. The third kappa shape index (κ3) is 6.59. The van der Waals surface area contributed by atoms with Gasteiger partial charge >= 0.3 is 0 Å². The van der Waals surface area contributed by atoms with Gasteiger partial charge in [0.25, 0.3) is 0 Å². The topological polar surface area (TPSA) is 45.8 Å². The Morgan fingerprint density at radius 3 is 2.63 bits per heavy atom. The van der Waals surface area contributed by atoms with Gasteiger partial charge in [-0.1, -0.05) is 12.1 Å². The minimum absolute atomic E-state index is 0.226. The Bertz CT molecular complexity index is 801. The molecule has 0 fully saturated rings. The SMILES string of the molecule is Cc1ccc(CN(Cc2ccc(F)cc2)CC(O)COCc2ccco2)s1. The molecular weight excluding hydrogens is 365 g/mol. The summed E-state index contributed by atoms with van der Waals surface area (Å²) in [7, 11) is 0. The molecule has 1 aromatic carbocycles. The number of furan rings is 1. The second-order valence-electron chi connectivity index (χ2n) is 6.56. The molecule has 1 atom stereocenters. The zero-order chi connectivity index (χ0) is 19.1. The number of aryl methyl sites for hydroxylation is 1. The minimum atomic E-state index is -0.624. The van der Waals surface area contributed by atoms with Crippen molar-refractivity contribution in [3.8, 4) is 0 Å². The third-order valence-electron chi connectivity index (χ3n) is 4.10. The fraction of sp³-hybridized carbons (Fsp3) is 0.333. The van der Waals surface area contributed by atoms with Gasteiger partial charge in [-0.05, 0) is 48.9 Å². The summed E-state index contributed by atoms with van der Waals surface area (Å²) >= 11 is 1.75. The van der Waals surface area contributed by atoms with Crippen LogP contribution in [0.1, 0.15) is 21.1 Å². The van der Waals surface area contributed by atoms with E-state index in [1.165, 1.54) is 21.9 Å². The number of halogens is 1. The number of aliphatic hydroxyl groups excluding tert-OH is 1. The van der Waals surface area contributed by atoms with Crippen molar-refractivity contribution in [2.75, 3.05) is 13.2 Å². The normalized spacial score (nSPS) is 12.6. The van der Waals surface area contributed by atoms with Crippen LogP contribution in [0.2, 0.25) is 0 Å². The quantitative estimate of drug-likeness (QED) is 0.559. The summed E-state index contributed by atoms with van der Waals surface area (Å²) in [6.07, 6.45) is 0.976. The highest BCUT2D eigenvalue weighted by molar-refractivity contribution is 7.11. The molecule has 6 heteroatoms. The van der Waals surface area contributed by atoms with E-state index in [2.05, 4.69) is 24.0 Å². The molecule has 0 bridgehead atoms. The zero-order valence-electron chi connectivity index (χ0n) is 15.3. The molecule has 1 unspecified atom stereocenters. The highest BCUT2D eigenvalue weighted by atomic mass is 32.1. The van der Waals surface area contributed by atoms with Gasteiger partial charge in [0, 0.05) is 29.4 Å². The Morgan fingerprint density at radius 1 is 1.15 bits per heavy atom. The lowest BCUT2D eigenvalue weighted by Gasteiger charge is -2.24. The van der Waals surface area contributed by atoms with Gasteiger partial charge in [0.05, 0.1) is 19.0 Å². The first kappa shape index (κ1) is 19.8. The van der Waals surface area contributed by atoms with Crippen molar-refractivity contribution in [3.05, 3.63) is 81.7 Å². The van der Waals surface area contributed by atoms with Gasteiger partial charge in [-0.25, -0.2) is 4.39 Å². The number of aliphatic hydroxyl groups is 1. The van der Waals surface area contributed by atoms with Crippen LogP contribution >= 0.6 is 11.3 Å². The van der Waals surface area contributed by atoms with Crippen molar-refractivity contribution in [3.63, 3.8) is 0 Å². The Kier molecular flexibility index (Phi) is 7.18. The molecule has 0 aliphatic carbocycles. The molecule has 0 radical (unpaired) electrons. The van der Waals surface area contributed by atoms with E-state index in [0.717, 1.165) is 17.9 Å². The first-order valence-corrected chi connectivity index (χ1v) is 9.70. The van der Waals surface area contributed by atoms with Crippen LogP contribution < -0.4 is 0 Å². The molecule has 144 valence electrons. The predicted octanol–water partition coefficient (Wildman–Crippen LogP) is 4.37. The Hall–Kier alpha value is -1.99. The smallest absolute Gasteiger partial charge is 0.129 e. The van der Waals surface area contributed by atoms with Gasteiger partial charge in [0.2, 0.25) is 0 Å². The Balaban J connectivity index is 1.56. The summed E-state index contributed by atoms with van der Waals surface area (Å²) < 4.78 is 23.9. The summed E-state index contributed by atoms with van der Waals surface area (Å²) in [5.41, 5.74) is 1.01. The molecule has 0 aliphatic heterocycles. The van der Waals surface area contributed by atoms with Crippen molar-refractivity contribution in [1.82, 2.24) is 4.90 Å². The van der Waals surface area contributed by atoms with Crippen LogP contribution in [0, 0.1) is 12.7 Å². The van der Waals surface area contributed by atoms with Gasteiger partial charge < -0.3 is 14.3 Å². The fourth-order valence-corrected chi connectivity index (χ4v) is 3.80. The second-order valence-corrected chi connectivity index (χ2v) is 7.93. The molecule has 3 aromatic rings. The number of hydrogen-bond acceptors (Lipinski definition) is 5. The molecule has 27 heavy (non-hydrogen) atoms. The van der Waals surface area contributed by atoms with Crippen LogP contribution in [0.15, 0.2) is 59.2 Å². The Morgan fingerprint density at radius 2 is 1.96 bits per heavy atom. The number of ether oxygens (including phenoxy) is 1. The summed E-state index contributed by atoms with van der Waals surface area (Å²) in [5.74, 6) is 0.491. The predicted molar refractivity (Wildman–Crippen MR) is 104 cm³/mol. The lowest BCUT2D eigenvalue weighted by Crippen LogP contribution is -2.34. The number of rotatable bonds is 10. The average molecular weight is 389 g/mol. The van der Waals surface area contributed by atoms with E-state index in [1.54, 1.807) is 29.7 Å². The van der Waals surface area contributed by atoms with E-state index in [9.17, 15) is 9.50 Å². The van der Waals surface area contributed by atoms with Crippen LogP contribution in [0.4, 0.5) is 4.39 Å². The molecule has 0 aliphatic rings. The van der Waals surface area contributed by atoms with Crippen molar-refractivity contribution in [2.45, 2.75) is 32.7 Å². The molecular formula is C21H24FNO3S. The maximum atomic E-state index is 13.2. The fourth-order valence-electron chi connectivity index (χ4n) is 2.86. The molecule has 2 aromatic heterocycles. The van der Waals surface area contributed by atoms with E-state index < -0.39 is 6.10 Å². The van der Waals surface area contributed by atoms with Crippen LogP contribution in [0.3, 0.4) is 0 Å². The summed E-state index contributed by atoms with van der Waals surface area (Å²) in [4.78, 5) is 4.65. The lowest BCUT2D eigenvalue weighted by molar-refractivity contribution is 0.00268. The molecule has 0 spiro atoms. The van der Waals surface area contributed by atoms with Crippen LogP contribution in [0.5, 0.6) is 0 Å². The van der Waals surface area contributed by atoms with Crippen molar-refractivity contribution < 1.29 is 18.7 Å². The summed E-state index contributed by atoms with van der Waals surface area (Å²) in [6, 6.07) is 14.3. The van der Waals surface area contributed by atoms with Crippen LogP contribution in [0.25, 0.3) is 0 Å². The molecule has 3 rings (SSSR count). The van der Waals surface area contributed by atoms with E-state index >= 15 is 0 Å². The maximum Gasteiger partial charge on any atom is 0.129 e. The van der Waals surface area contributed by atoms with E-state index in [1.807, 2.05) is 12.1 Å². The van der Waals surface area contributed by atoms with Gasteiger partial charge in [0.1, 0.15) is 18.2 Å². The van der Waals surface area contributed by atoms with E-state index in [4.69, 9.17) is 9.15 Å². The molecule has 4 nitrogen and oxygen atoms in total. The molecule has 2 heterocycles. The lowest BCUT2D eigenvalue weighted by atomic mass is 10.2. The zero-order valence-corrected chi connectivity index (χ0v) is 16.1. The van der Waals surface area contributed by atoms with E-state index in [0.29, 0.717) is 19.7 Å². The standard InChI is InChI=1S/C21H24FNO3S/c1-16-4-9-21(27-16)13-23(11-17-5-7-18(22)8-6-17)12-19(24)14-25-15-20-3-2-10-26-20/h2-10,19,24H,11-15H2,1H3. The van der Waals surface area contributed by atoms with Gasteiger partial charge in [0.15, 0.2) is 0 Å². The van der Waals surface area contributed by atoms with Crippen molar-refractivity contribution in [1.29, 1.82) is 0 Å². The molecule has 1 N–H and O–H groups in total. The molecule has 0 amide bonds. The van der Waals surface area contributed by atoms with Gasteiger partial charge in [-0.15, -0.1) is 11.3 Å².